The molecule has 0 saturated carbocycles. The molecule has 0 saturated heterocycles. The van der Waals surface area contributed by atoms with Crippen molar-refractivity contribution in [3.05, 3.63) is 53.1 Å². The van der Waals surface area contributed by atoms with Crippen molar-refractivity contribution in [2.24, 2.45) is 0 Å². The van der Waals surface area contributed by atoms with Gasteiger partial charge in [0.2, 0.25) is 0 Å². The van der Waals surface area contributed by atoms with E-state index < -0.39 is 0 Å². The summed E-state index contributed by atoms with van der Waals surface area (Å²) in [7, 11) is 1.65. The molecule has 112 valence electrons. The number of benzene rings is 2. The number of methoxy groups -OCH3 is 1. The van der Waals surface area contributed by atoms with Gasteiger partial charge in [0.25, 0.3) is 0 Å². The molecule has 0 amide bonds. The fourth-order valence-electron chi connectivity index (χ4n) is 1.94. The Morgan fingerprint density at radius 3 is 2.52 bits per heavy atom. The Labute approximate surface area is 130 Å². The molecule has 0 aliphatic rings. The zero-order valence-electron chi connectivity index (χ0n) is 12.4. The molecular weight excluding hydrogens is 286 g/mol. The van der Waals surface area contributed by atoms with E-state index in [0.29, 0.717) is 11.6 Å². The van der Waals surface area contributed by atoms with E-state index in [2.05, 4.69) is 24.4 Å². The summed E-state index contributed by atoms with van der Waals surface area (Å²) in [6.45, 7) is 3.54. The van der Waals surface area contributed by atoms with Crippen LogP contribution in [-0.2, 0) is 6.54 Å². The number of nitrogens with one attached hydrogen (secondary N) is 1. The topological polar surface area (TPSA) is 30.5 Å². The van der Waals surface area contributed by atoms with Gasteiger partial charge >= 0.3 is 0 Å². The molecule has 0 radical (unpaired) electrons. The lowest BCUT2D eigenvalue weighted by molar-refractivity contribution is 0.317. The van der Waals surface area contributed by atoms with Gasteiger partial charge in [-0.25, -0.2) is 0 Å². The van der Waals surface area contributed by atoms with E-state index in [-0.39, 0.29) is 0 Å². The summed E-state index contributed by atoms with van der Waals surface area (Å²) in [6, 6.07) is 13.6. The molecule has 0 spiro atoms. The Balaban J connectivity index is 1.98. The van der Waals surface area contributed by atoms with E-state index in [1.165, 1.54) is 5.56 Å². The van der Waals surface area contributed by atoms with Crippen molar-refractivity contribution in [3.63, 3.8) is 0 Å². The third-order valence-corrected chi connectivity index (χ3v) is 3.28. The van der Waals surface area contributed by atoms with Gasteiger partial charge in [0.15, 0.2) is 0 Å². The summed E-state index contributed by atoms with van der Waals surface area (Å²) in [5, 5.41) is 4.02. The third kappa shape index (κ3) is 4.57. The monoisotopic (exact) mass is 305 g/mol. The maximum Gasteiger partial charge on any atom is 0.142 e. The van der Waals surface area contributed by atoms with E-state index in [1.807, 2.05) is 30.3 Å². The SMILES string of the molecule is CCCOc1ccc(CNc2cc(Cl)ccc2OC)cc1. The van der Waals surface area contributed by atoms with Crippen LogP contribution in [0.2, 0.25) is 5.02 Å². The second-order valence-electron chi connectivity index (χ2n) is 4.69. The molecule has 0 bridgehead atoms. The van der Waals surface area contributed by atoms with Crippen LogP contribution >= 0.6 is 11.6 Å². The normalized spacial score (nSPS) is 10.2. The molecule has 1 N–H and O–H groups in total. The van der Waals surface area contributed by atoms with Gasteiger partial charge in [-0.15, -0.1) is 0 Å². The van der Waals surface area contributed by atoms with Crippen LogP contribution in [0.4, 0.5) is 5.69 Å². The van der Waals surface area contributed by atoms with Gasteiger partial charge in [0.1, 0.15) is 11.5 Å². The van der Waals surface area contributed by atoms with Crippen LogP contribution in [0.25, 0.3) is 0 Å². The molecule has 4 heteroatoms. The van der Waals surface area contributed by atoms with Gasteiger partial charge in [0, 0.05) is 11.6 Å². The predicted octanol–water partition coefficient (Wildman–Crippen LogP) is 4.75. The Kier molecular flexibility index (Phi) is 5.76. The van der Waals surface area contributed by atoms with E-state index in [9.17, 15) is 0 Å². The Morgan fingerprint density at radius 1 is 1.10 bits per heavy atom. The van der Waals surface area contributed by atoms with Crippen LogP contribution in [0.5, 0.6) is 11.5 Å². The van der Waals surface area contributed by atoms with E-state index >= 15 is 0 Å². The van der Waals surface area contributed by atoms with Crippen LogP contribution < -0.4 is 14.8 Å². The molecular formula is C17H20ClNO2. The minimum absolute atomic E-state index is 0.682. The maximum absolute atomic E-state index is 6.01. The van der Waals surface area contributed by atoms with Crippen molar-refractivity contribution in [1.82, 2.24) is 0 Å². The molecule has 0 atom stereocenters. The second-order valence-corrected chi connectivity index (χ2v) is 5.13. The van der Waals surface area contributed by atoms with E-state index in [0.717, 1.165) is 30.2 Å². The first-order valence-electron chi connectivity index (χ1n) is 7.02. The first-order chi connectivity index (χ1) is 10.2. The molecule has 0 heterocycles. The van der Waals surface area contributed by atoms with Crippen LogP contribution in [-0.4, -0.2) is 13.7 Å². The Morgan fingerprint density at radius 2 is 1.86 bits per heavy atom. The summed E-state index contributed by atoms with van der Waals surface area (Å²) in [5.74, 6) is 1.68. The minimum Gasteiger partial charge on any atom is -0.495 e. The van der Waals surface area contributed by atoms with Crippen LogP contribution in [0.15, 0.2) is 42.5 Å². The van der Waals surface area contributed by atoms with Crippen molar-refractivity contribution in [2.45, 2.75) is 19.9 Å². The lowest BCUT2D eigenvalue weighted by Crippen LogP contribution is -2.01. The highest BCUT2D eigenvalue weighted by Gasteiger charge is 2.03. The molecule has 2 aromatic carbocycles. The van der Waals surface area contributed by atoms with Gasteiger partial charge < -0.3 is 14.8 Å². The smallest absolute Gasteiger partial charge is 0.142 e. The van der Waals surface area contributed by atoms with Gasteiger partial charge in [-0.1, -0.05) is 30.7 Å². The Hall–Kier alpha value is -1.87. The summed E-state index contributed by atoms with van der Waals surface area (Å²) in [5.41, 5.74) is 2.05. The number of hydrogen-bond acceptors (Lipinski definition) is 3. The third-order valence-electron chi connectivity index (χ3n) is 3.04. The largest absolute Gasteiger partial charge is 0.495 e. The quantitative estimate of drug-likeness (QED) is 0.800. The summed E-state index contributed by atoms with van der Waals surface area (Å²) in [4.78, 5) is 0. The molecule has 0 unspecified atom stereocenters. The molecule has 0 aliphatic carbocycles. The second kappa shape index (κ2) is 7.79. The van der Waals surface area contributed by atoms with Crippen molar-refractivity contribution in [1.29, 1.82) is 0 Å². The molecule has 3 nitrogen and oxygen atoms in total. The first kappa shape index (κ1) is 15.5. The van der Waals surface area contributed by atoms with Gasteiger partial charge in [0.05, 0.1) is 19.4 Å². The van der Waals surface area contributed by atoms with E-state index in [1.54, 1.807) is 7.11 Å². The molecule has 0 aliphatic heterocycles. The number of hydrogen-bond donors (Lipinski definition) is 1. The van der Waals surface area contributed by atoms with E-state index in [4.69, 9.17) is 21.1 Å². The van der Waals surface area contributed by atoms with Gasteiger partial charge in [-0.05, 0) is 42.3 Å². The van der Waals surface area contributed by atoms with Crippen molar-refractivity contribution in [2.75, 3.05) is 19.0 Å². The average Bonchev–Trinajstić information content (AvgIpc) is 2.52. The van der Waals surface area contributed by atoms with Crippen molar-refractivity contribution >= 4 is 17.3 Å². The fraction of sp³-hybridized carbons (Fsp3) is 0.294. The van der Waals surface area contributed by atoms with Crippen LogP contribution in [0.3, 0.4) is 0 Å². The zero-order chi connectivity index (χ0) is 15.1. The molecule has 2 aromatic rings. The highest BCUT2D eigenvalue weighted by atomic mass is 35.5. The van der Waals surface area contributed by atoms with Crippen molar-refractivity contribution < 1.29 is 9.47 Å². The molecule has 21 heavy (non-hydrogen) atoms. The van der Waals surface area contributed by atoms with Crippen LogP contribution in [0, 0.1) is 0 Å². The first-order valence-corrected chi connectivity index (χ1v) is 7.40. The fourth-order valence-corrected chi connectivity index (χ4v) is 2.11. The average molecular weight is 306 g/mol. The Bertz CT molecular complexity index is 570. The minimum atomic E-state index is 0.682. The number of anilines is 1. The van der Waals surface area contributed by atoms with Crippen LogP contribution in [0.1, 0.15) is 18.9 Å². The molecule has 0 aromatic heterocycles. The standard InChI is InChI=1S/C17H20ClNO2/c1-3-10-21-15-7-4-13(5-8-15)12-19-16-11-14(18)6-9-17(16)20-2/h4-9,11,19H,3,10,12H2,1-2H3. The van der Waals surface area contributed by atoms with Gasteiger partial charge in [-0.3, -0.25) is 0 Å². The van der Waals surface area contributed by atoms with Crippen molar-refractivity contribution in [3.8, 4) is 11.5 Å². The summed E-state index contributed by atoms with van der Waals surface area (Å²) in [6.07, 6.45) is 1.01. The summed E-state index contributed by atoms with van der Waals surface area (Å²) >= 11 is 6.01. The number of ether oxygens (including phenoxy) is 2. The number of rotatable bonds is 7. The maximum atomic E-state index is 6.01. The highest BCUT2D eigenvalue weighted by molar-refractivity contribution is 6.30. The van der Waals surface area contributed by atoms with Gasteiger partial charge in [-0.2, -0.15) is 0 Å². The molecule has 0 fully saturated rings. The number of halogens is 1. The zero-order valence-corrected chi connectivity index (χ0v) is 13.1. The predicted molar refractivity (Wildman–Crippen MR) is 87.6 cm³/mol. The lowest BCUT2D eigenvalue weighted by Gasteiger charge is -2.12. The highest BCUT2D eigenvalue weighted by Crippen LogP contribution is 2.28. The lowest BCUT2D eigenvalue weighted by atomic mass is 10.2. The summed E-state index contributed by atoms with van der Waals surface area (Å²) < 4.78 is 10.9. The molecule has 2 rings (SSSR count).